The van der Waals surface area contributed by atoms with Gasteiger partial charge in [0.2, 0.25) is 0 Å². The van der Waals surface area contributed by atoms with Crippen LogP contribution >= 0.6 is 11.8 Å². The van der Waals surface area contributed by atoms with Crippen molar-refractivity contribution in [2.24, 2.45) is 0 Å². The van der Waals surface area contributed by atoms with E-state index >= 15 is 0 Å². The minimum absolute atomic E-state index is 0.147. The van der Waals surface area contributed by atoms with Gasteiger partial charge in [-0.25, -0.2) is 14.8 Å². The van der Waals surface area contributed by atoms with Crippen LogP contribution in [0, 0.1) is 0 Å². The van der Waals surface area contributed by atoms with Crippen molar-refractivity contribution in [2.75, 3.05) is 18.6 Å². The third kappa shape index (κ3) is 2.78. The number of hydrogen-bond donors (Lipinski definition) is 2. The van der Waals surface area contributed by atoms with E-state index < -0.39 is 23.4 Å². The van der Waals surface area contributed by atoms with Crippen molar-refractivity contribution in [1.82, 2.24) is 9.97 Å². The van der Waals surface area contributed by atoms with Crippen molar-refractivity contribution >= 4 is 23.5 Å². The number of hydrogen-bond acceptors (Lipinski definition) is 5. The summed E-state index contributed by atoms with van der Waals surface area (Å²) >= 11 is 0.894. The van der Waals surface area contributed by atoms with Crippen LogP contribution < -0.4 is 5.32 Å². The van der Waals surface area contributed by atoms with Crippen LogP contribution in [0.1, 0.15) is 16.1 Å². The van der Waals surface area contributed by atoms with Gasteiger partial charge in [-0.3, -0.25) is 0 Å². The third-order valence-electron chi connectivity index (χ3n) is 1.79. The Morgan fingerprint density at radius 2 is 2.00 bits per heavy atom. The molecule has 9 heteroatoms. The molecule has 0 amide bonds. The number of aromatic carboxylic acids is 1. The fourth-order valence-corrected chi connectivity index (χ4v) is 1.49. The molecule has 0 bridgehead atoms. The highest BCUT2D eigenvalue weighted by Gasteiger charge is 2.39. The number of aromatic nitrogens is 2. The summed E-state index contributed by atoms with van der Waals surface area (Å²) in [5.74, 6) is -2.08. The summed E-state index contributed by atoms with van der Waals surface area (Å²) in [7, 11) is 1.29. The Morgan fingerprint density at radius 3 is 2.35 bits per heavy atom. The largest absolute Gasteiger partial charge is 0.477 e. The zero-order chi connectivity index (χ0) is 13.2. The quantitative estimate of drug-likeness (QED) is 0.644. The Labute approximate surface area is 98.5 Å². The average Bonchev–Trinajstić information content (AvgIpc) is 2.25. The van der Waals surface area contributed by atoms with Crippen LogP contribution in [0.3, 0.4) is 0 Å². The highest BCUT2D eigenvalue weighted by molar-refractivity contribution is 7.98. The number of rotatable bonds is 3. The van der Waals surface area contributed by atoms with Crippen LogP contribution in [-0.4, -0.2) is 34.3 Å². The van der Waals surface area contributed by atoms with Gasteiger partial charge in [0.05, 0.1) is 0 Å². The molecule has 0 radical (unpaired) electrons. The lowest BCUT2D eigenvalue weighted by molar-refractivity contribution is -0.142. The first-order chi connectivity index (χ1) is 7.81. The monoisotopic (exact) mass is 267 g/mol. The Balaban J connectivity index is 3.58. The van der Waals surface area contributed by atoms with Gasteiger partial charge >= 0.3 is 12.1 Å². The van der Waals surface area contributed by atoms with Crippen molar-refractivity contribution in [3.8, 4) is 0 Å². The smallest absolute Gasteiger partial charge is 0.434 e. The van der Waals surface area contributed by atoms with E-state index in [1.165, 1.54) is 13.3 Å². The van der Waals surface area contributed by atoms with Gasteiger partial charge in [-0.1, -0.05) is 11.8 Å². The number of nitrogens with zero attached hydrogens (tertiary/aromatic N) is 2. The molecular formula is C8H8F3N3O2S. The molecule has 2 N–H and O–H groups in total. The summed E-state index contributed by atoms with van der Waals surface area (Å²) in [6, 6.07) is 0. The second-order valence-corrected chi connectivity index (χ2v) is 3.61. The zero-order valence-electron chi connectivity index (χ0n) is 8.79. The predicted octanol–water partition coefficient (Wildman–Crippen LogP) is 1.96. The van der Waals surface area contributed by atoms with Gasteiger partial charge in [0.15, 0.2) is 10.9 Å². The predicted molar refractivity (Wildman–Crippen MR) is 55.3 cm³/mol. The molecular weight excluding hydrogens is 259 g/mol. The molecule has 0 aliphatic heterocycles. The van der Waals surface area contributed by atoms with E-state index in [-0.39, 0.29) is 11.0 Å². The van der Waals surface area contributed by atoms with Crippen molar-refractivity contribution in [3.63, 3.8) is 0 Å². The highest BCUT2D eigenvalue weighted by atomic mass is 32.2. The fourth-order valence-electron chi connectivity index (χ4n) is 1.12. The maximum atomic E-state index is 12.7. The topological polar surface area (TPSA) is 75.1 Å². The number of nitrogens with one attached hydrogen (secondary N) is 1. The molecule has 5 nitrogen and oxygen atoms in total. The Hall–Kier alpha value is -1.51. The van der Waals surface area contributed by atoms with Crippen LogP contribution in [-0.2, 0) is 6.18 Å². The van der Waals surface area contributed by atoms with E-state index in [1.807, 2.05) is 0 Å². The lowest BCUT2D eigenvalue weighted by atomic mass is 10.2. The first-order valence-electron chi connectivity index (χ1n) is 4.25. The van der Waals surface area contributed by atoms with E-state index in [4.69, 9.17) is 5.11 Å². The summed E-state index contributed by atoms with van der Waals surface area (Å²) < 4.78 is 38.0. The number of halogens is 3. The molecule has 0 saturated carbocycles. The number of anilines is 1. The molecule has 0 atom stereocenters. The Bertz CT molecular complexity index is 450. The molecule has 0 aliphatic rings. The van der Waals surface area contributed by atoms with Crippen molar-refractivity contribution in [2.45, 2.75) is 11.3 Å². The maximum absolute atomic E-state index is 12.7. The standard InChI is InChI=1S/C8H8F3N3O2S/c1-12-5-3(6(15)16)4(8(9,10)11)13-7(14-5)17-2/h1-2H3,(H,15,16)(H,12,13,14). The second kappa shape index (κ2) is 4.78. The number of carbonyl (C=O) groups is 1. The van der Waals surface area contributed by atoms with Crippen LogP contribution in [0.2, 0.25) is 0 Å². The molecule has 1 aromatic heterocycles. The van der Waals surface area contributed by atoms with E-state index in [1.54, 1.807) is 0 Å². The molecule has 94 valence electrons. The van der Waals surface area contributed by atoms with E-state index in [0.29, 0.717) is 0 Å². The van der Waals surface area contributed by atoms with Gasteiger partial charge in [0, 0.05) is 7.05 Å². The molecule has 0 saturated heterocycles. The summed E-state index contributed by atoms with van der Waals surface area (Å²) in [6.07, 6.45) is -3.35. The van der Waals surface area contributed by atoms with Crippen LogP contribution in [0.5, 0.6) is 0 Å². The van der Waals surface area contributed by atoms with Crippen molar-refractivity contribution in [1.29, 1.82) is 0 Å². The number of carboxylic acids is 1. The zero-order valence-corrected chi connectivity index (χ0v) is 9.61. The minimum atomic E-state index is -4.84. The Kier molecular flexibility index (Phi) is 3.81. The highest BCUT2D eigenvalue weighted by Crippen LogP contribution is 2.34. The molecule has 0 spiro atoms. The summed E-state index contributed by atoms with van der Waals surface area (Å²) in [6.45, 7) is 0. The number of thioether (sulfide) groups is 1. The maximum Gasteiger partial charge on any atom is 0.434 e. The van der Waals surface area contributed by atoms with Gasteiger partial charge < -0.3 is 10.4 Å². The molecule has 1 rings (SSSR count). The first kappa shape index (κ1) is 13.6. The van der Waals surface area contributed by atoms with Gasteiger partial charge in [-0.2, -0.15) is 13.2 Å². The van der Waals surface area contributed by atoms with Crippen molar-refractivity contribution < 1.29 is 23.1 Å². The molecule has 0 aliphatic carbocycles. The molecule has 0 unspecified atom stereocenters. The lowest BCUT2D eigenvalue weighted by Gasteiger charge is -2.13. The van der Waals surface area contributed by atoms with Gasteiger partial charge in [0.25, 0.3) is 0 Å². The number of carboxylic acid groups (broad SMARTS) is 1. The molecule has 0 fully saturated rings. The second-order valence-electron chi connectivity index (χ2n) is 2.84. The SMILES string of the molecule is CNc1nc(SC)nc(C(F)(F)F)c1C(=O)O. The number of alkyl halides is 3. The van der Waals surface area contributed by atoms with E-state index in [2.05, 4.69) is 15.3 Å². The fraction of sp³-hybridized carbons (Fsp3) is 0.375. The lowest BCUT2D eigenvalue weighted by Crippen LogP contribution is -2.19. The Morgan fingerprint density at radius 1 is 1.41 bits per heavy atom. The average molecular weight is 267 g/mol. The summed E-state index contributed by atoms with van der Waals surface area (Å²) in [5.41, 5.74) is -2.42. The molecule has 1 aromatic rings. The van der Waals surface area contributed by atoms with E-state index in [9.17, 15) is 18.0 Å². The van der Waals surface area contributed by atoms with E-state index in [0.717, 1.165) is 11.8 Å². The van der Waals surface area contributed by atoms with Gasteiger partial charge in [-0.05, 0) is 6.26 Å². The summed E-state index contributed by atoms with van der Waals surface area (Å²) in [4.78, 5) is 17.7. The third-order valence-corrected chi connectivity index (χ3v) is 2.34. The first-order valence-corrected chi connectivity index (χ1v) is 5.48. The molecule has 17 heavy (non-hydrogen) atoms. The van der Waals surface area contributed by atoms with Crippen LogP contribution in [0.15, 0.2) is 5.16 Å². The summed E-state index contributed by atoms with van der Waals surface area (Å²) in [5, 5.41) is 10.9. The van der Waals surface area contributed by atoms with Gasteiger partial charge in [-0.15, -0.1) is 0 Å². The van der Waals surface area contributed by atoms with Crippen LogP contribution in [0.25, 0.3) is 0 Å². The van der Waals surface area contributed by atoms with Crippen molar-refractivity contribution in [3.05, 3.63) is 11.3 Å². The minimum Gasteiger partial charge on any atom is -0.477 e. The van der Waals surface area contributed by atoms with Crippen LogP contribution in [0.4, 0.5) is 19.0 Å². The molecule has 0 aromatic carbocycles. The molecule has 1 heterocycles. The normalized spacial score (nSPS) is 11.4. The van der Waals surface area contributed by atoms with Gasteiger partial charge in [0.1, 0.15) is 11.4 Å².